The zero-order valence-electron chi connectivity index (χ0n) is 22.1. The van der Waals surface area contributed by atoms with Crippen LogP contribution in [-0.2, 0) is 46.4 Å². The lowest BCUT2D eigenvalue weighted by Gasteiger charge is -2.27. The minimum absolute atomic E-state index is 0.0422. The molecule has 236 valence electrons. The second kappa shape index (κ2) is 11.4. The second-order valence-corrected chi connectivity index (χ2v) is 17.2. The van der Waals surface area contributed by atoms with E-state index in [1.165, 1.54) is 35.2 Å². The molecule has 3 saturated heterocycles. The van der Waals surface area contributed by atoms with Crippen molar-refractivity contribution < 1.29 is 41.8 Å². The first-order valence-electron chi connectivity index (χ1n) is 13.0. The summed E-state index contributed by atoms with van der Waals surface area (Å²) in [5.74, 6) is -0.309. The van der Waals surface area contributed by atoms with E-state index in [1.807, 2.05) is 0 Å². The third-order valence-electron chi connectivity index (χ3n) is 7.28. The molecule has 4 aliphatic rings. The summed E-state index contributed by atoms with van der Waals surface area (Å²) in [4.78, 5) is 65.6. The van der Waals surface area contributed by atoms with E-state index in [0.717, 1.165) is 0 Å². The van der Waals surface area contributed by atoms with Crippen LogP contribution in [0.2, 0.25) is 0 Å². The number of nitrogen functional groups attached to an aromatic ring is 1. The van der Waals surface area contributed by atoms with Crippen LogP contribution >= 0.6 is 25.2 Å². The molecule has 3 fully saturated rings. The van der Waals surface area contributed by atoms with E-state index in [-0.39, 0.29) is 53.9 Å². The third kappa shape index (κ3) is 5.62. The monoisotopic (exact) mass is 708 g/mol. The number of alkyl halides is 1. The van der Waals surface area contributed by atoms with E-state index in [1.54, 1.807) is 4.57 Å². The Balaban J connectivity index is 1.18. The van der Waals surface area contributed by atoms with Crippen LogP contribution in [0.15, 0.2) is 22.4 Å². The average Bonchev–Trinajstić information content (AvgIpc) is 3.72. The summed E-state index contributed by atoms with van der Waals surface area (Å²) < 4.78 is 47.6. The van der Waals surface area contributed by atoms with E-state index in [9.17, 15) is 19.4 Å². The van der Waals surface area contributed by atoms with Crippen molar-refractivity contribution in [1.82, 2.24) is 29.1 Å². The van der Waals surface area contributed by atoms with Gasteiger partial charge in [-0.05, 0) is 30.0 Å². The van der Waals surface area contributed by atoms with Gasteiger partial charge in [-0.2, -0.15) is 4.98 Å². The fourth-order valence-corrected chi connectivity index (χ4v) is 9.95. The van der Waals surface area contributed by atoms with Gasteiger partial charge in [0.2, 0.25) is 5.95 Å². The number of H-pyrrole nitrogens is 1. The Bertz CT molecular complexity index is 1840. The van der Waals surface area contributed by atoms with Crippen molar-refractivity contribution >= 4 is 83.7 Å². The Morgan fingerprint density at radius 3 is 2.66 bits per heavy atom. The van der Waals surface area contributed by atoms with Crippen molar-refractivity contribution in [1.29, 1.82) is 0 Å². The summed E-state index contributed by atoms with van der Waals surface area (Å²) in [5, 5.41) is -1.03. The van der Waals surface area contributed by atoms with Crippen LogP contribution in [0, 0.1) is 0 Å². The van der Waals surface area contributed by atoms with Gasteiger partial charge >= 0.3 is 13.4 Å². The molecule has 17 nitrogen and oxygen atoms in total. The second-order valence-electron chi connectivity index (χ2n) is 10.2. The summed E-state index contributed by atoms with van der Waals surface area (Å²) >= 11 is 11.9. The molecule has 9 atom stereocenters. The maximum Gasteiger partial charge on any atom is 0.325 e. The lowest BCUT2D eigenvalue weighted by molar-refractivity contribution is -0.0441. The number of nitrogens with one attached hydrogen (secondary N) is 1. The van der Waals surface area contributed by atoms with Crippen LogP contribution < -0.4 is 11.3 Å². The SMILES string of the molecule is Nc1nc2c(ncn2[C@@H]2S[C@@H]3COP(O)(=S)O[C@H]4[C@H](F)[C@H](n5cnc6c5N=CCC6=O)O[C@@H]4COP(O)(=S)O[C@@H]2C3)c(=O)[nH]1. The molecule has 0 aliphatic carbocycles. The third-order valence-corrected chi connectivity index (χ3v) is 12.0. The largest absolute Gasteiger partial charge is 0.369 e. The summed E-state index contributed by atoms with van der Waals surface area (Å²) in [6.45, 7) is -8.74. The molecule has 2 bridgehead atoms. The van der Waals surface area contributed by atoms with E-state index in [2.05, 4.69) is 24.9 Å². The number of Topliss-reactive ketones (excluding diaryl/α,β-unsaturated/α-hetero) is 1. The van der Waals surface area contributed by atoms with Crippen LogP contribution in [0.3, 0.4) is 0 Å². The summed E-state index contributed by atoms with van der Waals surface area (Å²) in [6, 6.07) is 0. The molecule has 3 aromatic rings. The van der Waals surface area contributed by atoms with E-state index in [4.69, 9.17) is 52.2 Å². The number of ketones is 1. The summed E-state index contributed by atoms with van der Waals surface area (Å²) in [5.41, 5.74) is 5.50. The van der Waals surface area contributed by atoms with Crippen molar-refractivity contribution in [2.24, 2.45) is 4.99 Å². The molecule has 5 N–H and O–H groups in total. The molecule has 23 heteroatoms. The minimum Gasteiger partial charge on any atom is -0.369 e. The Morgan fingerprint density at radius 1 is 1.09 bits per heavy atom. The molecule has 0 spiro atoms. The molecule has 0 aromatic carbocycles. The highest BCUT2D eigenvalue weighted by Crippen LogP contribution is 2.57. The van der Waals surface area contributed by atoms with Crippen molar-refractivity contribution in [2.75, 3.05) is 18.9 Å². The van der Waals surface area contributed by atoms with E-state index >= 15 is 4.39 Å². The van der Waals surface area contributed by atoms with Gasteiger partial charge in [0.25, 0.3) is 5.56 Å². The summed E-state index contributed by atoms with van der Waals surface area (Å²) in [6.07, 6.45) is -2.65. The van der Waals surface area contributed by atoms with Crippen molar-refractivity contribution in [3.05, 3.63) is 28.7 Å². The number of halogens is 1. The van der Waals surface area contributed by atoms with Gasteiger partial charge in [0.05, 0.1) is 32.0 Å². The zero-order valence-corrected chi connectivity index (χ0v) is 26.4. The predicted molar refractivity (Wildman–Crippen MR) is 160 cm³/mol. The fourth-order valence-electron chi connectivity index (χ4n) is 5.38. The normalized spacial score (nSPS) is 37.7. The topological polar surface area (TPSA) is 223 Å². The van der Waals surface area contributed by atoms with Crippen molar-refractivity contribution in [3.8, 4) is 0 Å². The standard InChI is InChI=1S/C21H23FN8O9P2S3/c22-12-15-11(37-19(12)29-6-25-13-9(31)1-2-24-16(13)29)5-36-40(33,42)38-10-3-8(4-35-41(34,43)39-15)44-20(10)30-7-26-14-17(30)27-21(23)28-18(14)32/h2,6-8,10-12,15,19-20H,1,3-5H2,(H,33,42)(H,34,43)(H3,23,27,28,32)/t8-,10+,11+,12-,15+,19+,20+,40?,41?/m0/s1. The number of thioether (sulfide) groups is 1. The molecule has 0 saturated carbocycles. The van der Waals surface area contributed by atoms with Gasteiger partial charge in [-0.25, -0.2) is 19.4 Å². The van der Waals surface area contributed by atoms with Crippen LogP contribution in [0.1, 0.15) is 34.9 Å². The number of hydrogen-bond acceptors (Lipinski definition) is 15. The fraction of sp³-hybridized carbons (Fsp3) is 0.524. The minimum atomic E-state index is -4.07. The van der Waals surface area contributed by atoms with Crippen molar-refractivity contribution in [2.45, 2.75) is 54.2 Å². The van der Waals surface area contributed by atoms with E-state index in [0.29, 0.717) is 0 Å². The molecule has 7 rings (SSSR count). The molecule has 4 aliphatic heterocycles. The smallest absolute Gasteiger partial charge is 0.325 e. The average molecular weight is 709 g/mol. The van der Waals surface area contributed by atoms with Crippen molar-refractivity contribution in [3.63, 3.8) is 0 Å². The van der Waals surface area contributed by atoms with Gasteiger partial charge in [-0.1, -0.05) is 0 Å². The first-order chi connectivity index (χ1) is 20.9. The number of nitrogens with zero attached hydrogens (tertiary/aromatic N) is 6. The molecule has 3 aromatic heterocycles. The lowest BCUT2D eigenvalue weighted by atomic mass is 10.1. The maximum absolute atomic E-state index is 16.0. The first kappa shape index (κ1) is 30.6. The van der Waals surface area contributed by atoms with Gasteiger partial charge in [0.1, 0.15) is 17.6 Å². The highest BCUT2D eigenvalue weighted by Gasteiger charge is 2.51. The van der Waals surface area contributed by atoms with Crippen LogP contribution in [0.4, 0.5) is 16.2 Å². The number of imidazole rings is 2. The highest BCUT2D eigenvalue weighted by atomic mass is 32.5. The van der Waals surface area contributed by atoms with Gasteiger partial charge in [0.15, 0.2) is 40.9 Å². The molecule has 2 unspecified atom stereocenters. The van der Waals surface area contributed by atoms with Gasteiger partial charge < -0.3 is 33.8 Å². The van der Waals surface area contributed by atoms with Crippen LogP contribution in [0.5, 0.6) is 0 Å². The zero-order chi connectivity index (χ0) is 31.0. The number of nitrogens with two attached hydrogens (primary N) is 1. The molecule has 0 radical (unpaired) electrons. The number of aromatic amines is 1. The summed E-state index contributed by atoms with van der Waals surface area (Å²) in [7, 11) is 0. The molecule has 0 amide bonds. The number of hydrogen-bond donors (Lipinski definition) is 4. The van der Waals surface area contributed by atoms with Gasteiger partial charge in [-0.3, -0.25) is 28.2 Å². The quantitative estimate of drug-likeness (QED) is 0.276. The number of fused-ring (bicyclic) bond motifs is 5. The number of aliphatic imine (C=N–C) groups is 1. The molecular formula is C21H23FN8O9P2S3. The highest BCUT2D eigenvalue weighted by molar-refractivity contribution is 8.07. The Morgan fingerprint density at radius 2 is 1.84 bits per heavy atom. The lowest BCUT2D eigenvalue weighted by Crippen LogP contribution is -2.34. The number of anilines is 1. The number of carbonyl (C=O) groups excluding carboxylic acids is 1. The predicted octanol–water partition coefficient (Wildman–Crippen LogP) is 1.38. The molecule has 7 heterocycles. The number of aromatic nitrogens is 6. The van der Waals surface area contributed by atoms with Crippen LogP contribution in [0.25, 0.3) is 11.2 Å². The molecular weight excluding hydrogens is 685 g/mol. The van der Waals surface area contributed by atoms with Crippen LogP contribution in [-0.4, -0.2) is 93.8 Å². The molecule has 44 heavy (non-hydrogen) atoms. The number of carbonyl (C=O) groups is 1. The Labute approximate surface area is 260 Å². The number of rotatable bonds is 2. The number of ether oxygens (including phenoxy) is 1. The Kier molecular flexibility index (Phi) is 7.91. The first-order valence-corrected chi connectivity index (χ1v) is 19.1. The van der Waals surface area contributed by atoms with Gasteiger partial charge in [-0.15, -0.1) is 11.8 Å². The Hall–Kier alpha value is -2.00. The maximum atomic E-state index is 16.0. The van der Waals surface area contributed by atoms with Gasteiger partial charge in [0, 0.05) is 17.9 Å². The van der Waals surface area contributed by atoms with E-state index < -0.39 is 66.9 Å².